The van der Waals surface area contributed by atoms with Crippen molar-refractivity contribution in [3.05, 3.63) is 54.0 Å². The topological polar surface area (TPSA) is 87.7 Å². The quantitative estimate of drug-likeness (QED) is 0.563. The fraction of sp³-hybridized carbons (Fsp3) is 0.600. The lowest BCUT2D eigenvalue weighted by atomic mass is 9.82. The summed E-state index contributed by atoms with van der Waals surface area (Å²) in [4.78, 5) is 2.15. The minimum Gasteiger partial charge on any atom is -0.378 e. The van der Waals surface area contributed by atoms with Crippen molar-refractivity contribution >= 4 is 16.0 Å². The summed E-state index contributed by atoms with van der Waals surface area (Å²) in [5.41, 5.74) is 1.06. The number of nitrogens with one attached hydrogen (secondary N) is 1. The van der Waals surface area contributed by atoms with Crippen LogP contribution in [0.1, 0.15) is 50.5 Å². The first-order chi connectivity index (χ1) is 16.9. The molecular weight excluding hydrogens is 469 g/mol. The number of ether oxygens (including phenoxy) is 1. The Morgan fingerprint density at radius 2 is 1.97 bits per heavy atom. The molecular formula is C25H36FN5O3S. The molecule has 1 saturated carbocycles. The molecule has 0 radical (unpaired) electrons. The van der Waals surface area contributed by atoms with Crippen LogP contribution < -0.4 is 9.62 Å². The maximum atomic E-state index is 13.6. The standard InChI is InChI=1S/C25H36FN5O3S/c1-3-30(2)35(32,33)29-24-13-15-31(25-8-5-14-27-28-25)17-21(24)18-34-23-11-9-19(10-12-23)20-6-4-7-22(26)16-20/h4-8,14,16,19,21,23-24,29H,3,9-13,15,17-18H2,1-2H3/t19?,21-,23?,24-/m0/s1. The van der Waals surface area contributed by atoms with E-state index in [1.54, 1.807) is 25.4 Å². The van der Waals surface area contributed by atoms with E-state index in [9.17, 15) is 12.8 Å². The van der Waals surface area contributed by atoms with Gasteiger partial charge in [0.1, 0.15) is 5.82 Å². The summed E-state index contributed by atoms with van der Waals surface area (Å²) in [6.07, 6.45) is 6.18. The maximum Gasteiger partial charge on any atom is 0.279 e. The summed E-state index contributed by atoms with van der Waals surface area (Å²) >= 11 is 0. The molecule has 0 bridgehead atoms. The van der Waals surface area contributed by atoms with Crippen LogP contribution in [0, 0.1) is 11.7 Å². The summed E-state index contributed by atoms with van der Waals surface area (Å²) in [5, 5.41) is 8.22. The molecule has 1 aliphatic carbocycles. The number of hydrogen-bond acceptors (Lipinski definition) is 6. The highest BCUT2D eigenvalue weighted by Crippen LogP contribution is 2.35. The first-order valence-corrected chi connectivity index (χ1v) is 13.9. The third-order valence-electron chi connectivity index (χ3n) is 7.31. The van der Waals surface area contributed by atoms with Gasteiger partial charge in [0, 0.05) is 44.8 Å². The van der Waals surface area contributed by atoms with Gasteiger partial charge in [-0.1, -0.05) is 19.1 Å². The highest BCUT2D eigenvalue weighted by molar-refractivity contribution is 7.87. The Labute approximate surface area is 208 Å². The molecule has 1 aromatic heterocycles. The number of halogens is 1. The van der Waals surface area contributed by atoms with Crippen LogP contribution in [-0.4, -0.2) is 68.4 Å². The van der Waals surface area contributed by atoms with Crippen LogP contribution >= 0.6 is 0 Å². The zero-order chi connectivity index (χ0) is 24.8. The van der Waals surface area contributed by atoms with E-state index in [1.807, 2.05) is 25.1 Å². The van der Waals surface area contributed by atoms with Gasteiger partial charge in [0.2, 0.25) is 0 Å². The van der Waals surface area contributed by atoms with Crippen LogP contribution in [0.3, 0.4) is 0 Å². The van der Waals surface area contributed by atoms with E-state index in [0.29, 0.717) is 38.6 Å². The van der Waals surface area contributed by atoms with Crippen LogP contribution in [0.15, 0.2) is 42.6 Å². The highest BCUT2D eigenvalue weighted by atomic mass is 32.2. The van der Waals surface area contributed by atoms with Gasteiger partial charge in [0.05, 0.1) is 12.7 Å². The number of piperidine rings is 1. The molecule has 35 heavy (non-hydrogen) atoms. The number of benzene rings is 1. The fourth-order valence-corrected chi connectivity index (χ4v) is 6.27. The average Bonchev–Trinajstić information content (AvgIpc) is 2.88. The first kappa shape index (κ1) is 25.9. The lowest BCUT2D eigenvalue weighted by Gasteiger charge is -2.40. The van der Waals surface area contributed by atoms with Crippen LogP contribution in [0.2, 0.25) is 0 Å². The normalized spacial score (nSPS) is 25.7. The van der Waals surface area contributed by atoms with Crippen LogP contribution in [0.5, 0.6) is 0 Å². The minimum atomic E-state index is -3.56. The third kappa shape index (κ3) is 6.75. The Bertz CT molecular complexity index is 1050. The number of rotatable bonds is 9. The van der Waals surface area contributed by atoms with Crippen LogP contribution in [0.4, 0.5) is 10.2 Å². The van der Waals surface area contributed by atoms with E-state index >= 15 is 0 Å². The smallest absolute Gasteiger partial charge is 0.279 e. The molecule has 2 aliphatic rings. The van der Waals surface area contributed by atoms with Gasteiger partial charge < -0.3 is 9.64 Å². The van der Waals surface area contributed by atoms with Crippen molar-refractivity contribution in [2.75, 3.05) is 38.2 Å². The molecule has 192 valence electrons. The van der Waals surface area contributed by atoms with Gasteiger partial charge in [-0.25, -0.2) is 4.39 Å². The molecule has 1 aliphatic heterocycles. The average molecular weight is 506 g/mol. The Hall–Kier alpha value is -2.14. The van der Waals surface area contributed by atoms with Crippen molar-refractivity contribution < 1.29 is 17.5 Å². The van der Waals surface area contributed by atoms with Gasteiger partial charge in [0.15, 0.2) is 5.82 Å². The summed E-state index contributed by atoms with van der Waals surface area (Å²) in [7, 11) is -1.98. The van der Waals surface area contributed by atoms with Crippen molar-refractivity contribution in [3.63, 3.8) is 0 Å². The molecule has 1 N–H and O–H groups in total. The third-order valence-corrected chi connectivity index (χ3v) is 8.99. The molecule has 8 nitrogen and oxygen atoms in total. The predicted molar refractivity (Wildman–Crippen MR) is 134 cm³/mol. The van der Waals surface area contributed by atoms with Crippen molar-refractivity contribution in [1.82, 2.24) is 19.2 Å². The van der Waals surface area contributed by atoms with Crippen molar-refractivity contribution in [1.29, 1.82) is 0 Å². The molecule has 1 saturated heterocycles. The summed E-state index contributed by atoms with van der Waals surface area (Å²) in [6, 6.07) is 10.5. The van der Waals surface area contributed by atoms with Crippen LogP contribution in [0.25, 0.3) is 0 Å². The maximum absolute atomic E-state index is 13.6. The second kappa shape index (κ2) is 11.7. The molecule has 0 unspecified atom stereocenters. The monoisotopic (exact) mass is 505 g/mol. The van der Waals surface area contributed by atoms with Gasteiger partial charge in [-0.3, -0.25) is 0 Å². The second-order valence-electron chi connectivity index (χ2n) is 9.58. The second-order valence-corrected chi connectivity index (χ2v) is 11.4. The Balaban J connectivity index is 1.38. The fourth-order valence-electron chi connectivity index (χ4n) is 5.06. The van der Waals surface area contributed by atoms with Gasteiger partial charge >= 0.3 is 0 Å². The lowest BCUT2D eigenvalue weighted by molar-refractivity contribution is -0.00225. The first-order valence-electron chi connectivity index (χ1n) is 12.5. The van der Waals surface area contributed by atoms with Crippen molar-refractivity contribution in [3.8, 4) is 0 Å². The van der Waals surface area contributed by atoms with E-state index < -0.39 is 10.2 Å². The summed E-state index contributed by atoms with van der Waals surface area (Å²) in [6.45, 7) is 4.02. The SMILES string of the molecule is CCN(C)S(=O)(=O)N[C@H]1CCN(c2cccnn2)C[C@H]1COC1CCC(c2cccc(F)c2)CC1. The van der Waals surface area contributed by atoms with E-state index in [-0.39, 0.29) is 23.9 Å². The number of hydrogen-bond donors (Lipinski definition) is 1. The minimum absolute atomic E-state index is 0.0215. The van der Waals surface area contributed by atoms with E-state index in [4.69, 9.17) is 4.74 Å². The molecule has 4 rings (SSSR count). The zero-order valence-corrected chi connectivity index (χ0v) is 21.3. The van der Waals surface area contributed by atoms with E-state index in [1.165, 1.54) is 10.4 Å². The molecule has 2 aromatic rings. The zero-order valence-electron chi connectivity index (χ0n) is 20.5. The molecule has 2 atom stereocenters. The Morgan fingerprint density at radius 3 is 2.66 bits per heavy atom. The Morgan fingerprint density at radius 1 is 1.17 bits per heavy atom. The molecule has 2 fully saturated rings. The van der Waals surface area contributed by atoms with E-state index in [0.717, 1.165) is 37.1 Å². The molecule has 0 spiro atoms. The van der Waals surface area contributed by atoms with Gasteiger partial charge in [-0.05, 0) is 67.9 Å². The van der Waals surface area contributed by atoms with E-state index in [2.05, 4.69) is 19.8 Å². The highest BCUT2D eigenvalue weighted by Gasteiger charge is 2.35. The number of nitrogens with zero attached hydrogens (tertiary/aromatic N) is 4. The van der Waals surface area contributed by atoms with Gasteiger partial charge in [-0.2, -0.15) is 22.5 Å². The predicted octanol–water partition coefficient (Wildman–Crippen LogP) is 3.34. The summed E-state index contributed by atoms with van der Waals surface area (Å²) in [5.74, 6) is 0.941. The number of aromatic nitrogens is 2. The van der Waals surface area contributed by atoms with Crippen molar-refractivity contribution in [2.45, 2.75) is 57.1 Å². The number of anilines is 1. The van der Waals surface area contributed by atoms with Crippen LogP contribution in [-0.2, 0) is 14.9 Å². The Kier molecular flexibility index (Phi) is 8.69. The molecule has 1 aromatic carbocycles. The van der Waals surface area contributed by atoms with Gasteiger partial charge in [0.25, 0.3) is 10.2 Å². The van der Waals surface area contributed by atoms with Crippen molar-refractivity contribution in [2.24, 2.45) is 5.92 Å². The summed E-state index contributed by atoms with van der Waals surface area (Å²) < 4.78 is 49.7. The largest absolute Gasteiger partial charge is 0.378 e. The molecule has 0 amide bonds. The molecule has 10 heteroatoms. The lowest BCUT2D eigenvalue weighted by Crippen LogP contribution is -2.55. The molecule has 2 heterocycles. The van der Waals surface area contributed by atoms with Gasteiger partial charge in [-0.15, -0.1) is 5.10 Å².